The van der Waals surface area contributed by atoms with Gasteiger partial charge in [-0.3, -0.25) is 14.8 Å². The lowest BCUT2D eigenvalue weighted by Gasteiger charge is -2.13. The molecular formula is C20H18N6O3. The van der Waals surface area contributed by atoms with Crippen LogP contribution in [0.15, 0.2) is 67.5 Å². The molecule has 0 fully saturated rings. The Morgan fingerprint density at radius 1 is 1.14 bits per heavy atom. The van der Waals surface area contributed by atoms with E-state index in [9.17, 15) is 15.2 Å². The number of benzene rings is 2. The number of aromatic nitrogens is 5. The van der Waals surface area contributed by atoms with Crippen molar-refractivity contribution in [1.82, 2.24) is 24.5 Å². The molecule has 0 aliphatic rings. The summed E-state index contributed by atoms with van der Waals surface area (Å²) in [6, 6.07) is 12.2. The second-order valence-electron chi connectivity index (χ2n) is 6.65. The molecular weight excluding hydrogens is 372 g/mol. The van der Waals surface area contributed by atoms with Crippen LogP contribution in [0.1, 0.15) is 17.2 Å². The second kappa shape index (κ2) is 7.64. The zero-order chi connectivity index (χ0) is 20.4. The van der Waals surface area contributed by atoms with E-state index in [4.69, 9.17) is 0 Å². The molecule has 0 radical (unpaired) electrons. The number of hydrogen-bond acceptors (Lipinski definition) is 6. The van der Waals surface area contributed by atoms with E-state index >= 15 is 0 Å². The van der Waals surface area contributed by atoms with Crippen molar-refractivity contribution in [3.63, 3.8) is 0 Å². The number of hydrogen-bond donors (Lipinski definition) is 1. The standard InChI is InChI=1S/C20H18N6O3/c1-24-11-17(10-22-24)15-2-3-16(19(8-15)26(28)29)9-20(27)14-4-6-18(7-5-14)25-13-21-12-23-25/h2-8,10-13,20,27H,9H2,1H3/t20-/m1/s1. The summed E-state index contributed by atoms with van der Waals surface area (Å²) in [4.78, 5) is 15.1. The maximum absolute atomic E-state index is 11.6. The number of nitrogens with zero attached hydrogens (tertiary/aromatic N) is 6. The lowest BCUT2D eigenvalue weighted by molar-refractivity contribution is -0.385. The van der Waals surface area contributed by atoms with Gasteiger partial charge in [-0.15, -0.1) is 0 Å². The fraction of sp³-hybridized carbons (Fsp3) is 0.150. The van der Waals surface area contributed by atoms with Gasteiger partial charge < -0.3 is 5.11 Å². The largest absolute Gasteiger partial charge is 0.388 e. The zero-order valence-corrected chi connectivity index (χ0v) is 15.6. The SMILES string of the molecule is Cn1cc(-c2ccc(C[C@@H](O)c3ccc(-n4cncn4)cc3)c([N+](=O)[O-])c2)cn1. The highest BCUT2D eigenvalue weighted by atomic mass is 16.6. The first-order valence-corrected chi connectivity index (χ1v) is 8.90. The van der Waals surface area contributed by atoms with Gasteiger partial charge in [0.05, 0.1) is 22.9 Å². The predicted molar refractivity (Wildman–Crippen MR) is 105 cm³/mol. The van der Waals surface area contributed by atoms with Gasteiger partial charge in [-0.05, 0) is 23.3 Å². The predicted octanol–water partition coefficient (Wildman–Crippen LogP) is 2.85. The van der Waals surface area contributed by atoms with E-state index in [1.807, 2.05) is 12.1 Å². The fourth-order valence-corrected chi connectivity index (χ4v) is 3.17. The molecule has 146 valence electrons. The van der Waals surface area contributed by atoms with Crippen LogP contribution in [0, 0.1) is 10.1 Å². The molecule has 0 saturated heterocycles. The van der Waals surface area contributed by atoms with Gasteiger partial charge >= 0.3 is 0 Å². The third-order valence-electron chi connectivity index (χ3n) is 4.69. The summed E-state index contributed by atoms with van der Waals surface area (Å²) in [6.45, 7) is 0. The van der Waals surface area contributed by atoms with Crippen molar-refractivity contribution >= 4 is 5.69 Å². The minimum Gasteiger partial charge on any atom is -0.388 e. The lowest BCUT2D eigenvalue weighted by Crippen LogP contribution is -2.05. The molecule has 0 aliphatic carbocycles. The Balaban J connectivity index is 1.57. The smallest absolute Gasteiger partial charge is 0.273 e. The van der Waals surface area contributed by atoms with Gasteiger partial charge in [0.1, 0.15) is 12.7 Å². The van der Waals surface area contributed by atoms with E-state index in [2.05, 4.69) is 15.2 Å². The molecule has 2 aromatic heterocycles. The van der Waals surface area contributed by atoms with Crippen LogP contribution in [-0.4, -0.2) is 34.6 Å². The van der Waals surface area contributed by atoms with Crippen LogP contribution in [0.4, 0.5) is 5.69 Å². The fourth-order valence-electron chi connectivity index (χ4n) is 3.17. The molecule has 4 rings (SSSR count). The van der Waals surface area contributed by atoms with Gasteiger partial charge in [-0.2, -0.15) is 10.2 Å². The molecule has 2 heterocycles. The summed E-state index contributed by atoms with van der Waals surface area (Å²) in [5, 5.41) is 30.4. The Bertz CT molecular complexity index is 1140. The molecule has 1 atom stereocenters. The Labute approximate surface area is 166 Å². The highest BCUT2D eigenvalue weighted by Crippen LogP contribution is 2.30. The van der Waals surface area contributed by atoms with Gasteiger partial charge in [-0.1, -0.05) is 24.3 Å². The first-order chi connectivity index (χ1) is 14.0. The highest BCUT2D eigenvalue weighted by molar-refractivity contribution is 5.66. The molecule has 0 bridgehead atoms. The summed E-state index contributed by atoms with van der Waals surface area (Å²) in [5.74, 6) is 0. The number of aliphatic hydroxyl groups is 1. The molecule has 9 heteroatoms. The quantitative estimate of drug-likeness (QED) is 0.400. The minimum atomic E-state index is -0.872. The third-order valence-corrected chi connectivity index (χ3v) is 4.69. The maximum Gasteiger partial charge on any atom is 0.273 e. The van der Waals surface area contributed by atoms with E-state index in [1.165, 1.54) is 12.4 Å². The molecule has 9 nitrogen and oxygen atoms in total. The van der Waals surface area contributed by atoms with Crippen molar-refractivity contribution in [2.75, 3.05) is 0 Å². The number of rotatable bonds is 6. The Hall–Kier alpha value is -3.85. The molecule has 0 saturated carbocycles. The van der Waals surface area contributed by atoms with Crippen LogP contribution in [-0.2, 0) is 13.5 Å². The van der Waals surface area contributed by atoms with Crippen molar-refractivity contribution < 1.29 is 10.0 Å². The zero-order valence-electron chi connectivity index (χ0n) is 15.6. The summed E-state index contributed by atoms with van der Waals surface area (Å²) in [5.41, 5.74) is 3.43. The monoisotopic (exact) mass is 390 g/mol. The number of aryl methyl sites for hydroxylation is 1. The van der Waals surface area contributed by atoms with Crippen molar-refractivity contribution in [3.8, 4) is 16.8 Å². The maximum atomic E-state index is 11.6. The molecule has 29 heavy (non-hydrogen) atoms. The Morgan fingerprint density at radius 2 is 1.93 bits per heavy atom. The van der Waals surface area contributed by atoms with Gasteiger partial charge in [-0.25, -0.2) is 9.67 Å². The number of nitro benzene ring substituents is 1. The summed E-state index contributed by atoms with van der Waals surface area (Å²) in [6.07, 6.45) is 5.74. The summed E-state index contributed by atoms with van der Waals surface area (Å²) < 4.78 is 3.25. The van der Waals surface area contributed by atoms with Gasteiger partial charge in [0.15, 0.2) is 0 Å². The van der Waals surface area contributed by atoms with E-state index in [0.29, 0.717) is 16.7 Å². The minimum absolute atomic E-state index is 0.0235. The van der Waals surface area contributed by atoms with Gasteiger partial charge in [0, 0.05) is 36.9 Å². The van der Waals surface area contributed by atoms with Crippen LogP contribution in [0.3, 0.4) is 0 Å². The Morgan fingerprint density at radius 3 is 2.55 bits per heavy atom. The second-order valence-corrected chi connectivity index (χ2v) is 6.65. The van der Waals surface area contributed by atoms with Crippen LogP contribution >= 0.6 is 0 Å². The van der Waals surface area contributed by atoms with Crippen molar-refractivity contribution in [2.24, 2.45) is 7.05 Å². The van der Waals surface area contributed by atoms with Crippen molar-refractivity contribution in [2.45, 2.75) is 12.5 Å². The van der Waals surface area contributed by atoms with Crippen LogP contribution in [0.5, 0.6) is 0 Å². The van der Waals surface area contributed by atoms with Crippen molar-refractivity contribution in [3.05, 3.63) is 88.8 Å². The van der Waals surface area contributed by atoms with E-state index < -0.39 is 11.0 Å². The molecule has 0 spiro atoms. The first kappa shape index (κ1) is 18.5. The molecule has 1 N–H and O–H groups in total. The molecule has 0 unspecified atom stereocenters. The highest BCUT2D eigenvalue weighted by Gasteiger charge is 2.19. The third kappa shape index (κ3) is 3.90. The Kier molecular flexibility index (Phi) is 4.88. The number of nitro groups is 1. The van der Waals surface area contributed by atoms with Crippen LogP contribution < -0.4 is 0 Å². The number of aliphatic hydroxyl groups excluding tert-OH is 1. The van der Waals surface area contributed by atoms with Crippen LogP contribution in [0.25, 0.3) is 16.8 Å². The molecule has 0 amide bonds. The molecule has 2 aromatic carbocycles. The average molecular weight is 390 g/mol. The van der Waals surface area contributed by atoms with Gasteiger partial charge in [0.2, 0.25) is 0 Å². The van der Waals surface area contributed by atoms with E-state index in [0.717, 1.165) is 11.3 Å². The first-order valence-electron chi connectivity index (χ1n) is 8.90. The summed E-state index contributed by atoms with van der Waals surface area (Å²) in [7, 11) is 1.79. The van der Waals surface area contributed by atoms with E-state index in [-0.39, 0.29) is 12.1 Å². The van der Waals surface area contributed by atoms with E-state index in [1.54, 1.807) is 59.4 Å². The molecule has 0 aliphatic heterocycles. The molecule has 4 aromatic rings. The summed E-state index contributed by atoms with van der Waals surface area (Å²) >= 11 is 0. The van der Waals surface area contributed by atoms with Crippen LogP contribution in [0.2, 0.25) is 0 Å². The average Bonchev–Trinajstić information content (AvgIpc) is 3.40. The van der Waals surface area contributed by atoms with Crippen molar-refractivity contribution in [1.29, 1.82) is 0 Å². The normalized spacial score (nSPS) is 12.1. The van der Waals surface area contributed by atoms with Gasteiger partial charge in [0.25, 0.3) is 5.69 Å². The topological polar surface area (TPSA) is 112 Å². The lowest BCUT2D eigenvalue weighted by atomic mass is 9.97.